The van der Waals surface area contributed by atoms with Gasteiger partial charge in [-0.25, -0.2) is 4.98 Å². The predicted octanol–water partition coefficient (Wildman–Crippen LogP) is 3.22. The molecule has 0 saturated carbocycles. The van der Waals surface area contributed by atoms with Gasteiger partial charge >= 0.3 is 0 Å². The smallest absolute Gasteiger partial charge is 0.238 e. The zero-order valence-electron chi connectivity index (χ0n) is 12.8. The second-order valence-electron chi connectivity index (χ2n) is 5.20. The van der Waals surface area contributed by atoms with E-state index in [1.807, 2.05) is 44.1 Å². The molecule has 0 aliphatic rings. The Hall–Kier alpha value is -1.63. The number of carbonyl (C=O) groups excluding carboxylic acids is 1. The standard InChI is InChI=1S/C15H19ClN4OS/c1-10-12(17-7-11-8-18-15(16)22-11)5-4-6-13(10)19-14(21)9-20(2)3/h4-6,8,17H,7,9H2,1-3H3,(H,19,21). The molecule has 0 atom stereocenters. The lowest BCUT2D eigenvalue weighted by Gasteiger charge is -2.15. The molecule has 0 bridgehead atoms. The van der Waals surface area contributed by atoms with Crippen LogP contribution < -0.4 is 10.6 Å². The molecule has 0 unspecified atom stereocenters. The highest BCUT2D eigenvalue weighted by molar-refractivity contribution is 7.15. The molecular weight excluding hydrogens is 320 g/mol. The number of carbonyl (C=O) groups is 1. The molecule has 118 valence electrons. The van der Waals surface area contributed by atoms with Gasteiger partial charge in [0, 0.05) is 22.4 Å². The van der Waals surface area contributed by atoms with E-state index in [0.29, 0.717) is 17.6 Å². The second-order valence-corrected chi connectivity index (χ2v) is 6.89. The van der Waals surface area contributed by atoms with Crippen LogP contribution in [0.5, 0.6) is 0 Å². The van der Waals surface area contributed by atoms with Crippen molar-refractivity contribution in [2.45, 2.75) is 13.5 Å². The monoisotopic (exact) mass is 338 g/mol. The molecule has 1 aromatic heterocycles. The van der Waals surface area contributed by atoms with Crippen molar-refractivity contribution in [3.05, 3.63) is 39.3 Å². The molecule has 2 rings (SSSR count). The number of anilines is 2. The average molecular weight is 339 g/mol. The summed E-state index contributed by atoms with van der Waals surface area (Å²) in [5, 5.41) is 6.28. The summed E-state index contributed by atoms with van der Waals surface area (Å²) in [5.41, 5.74) is 2.80. The average Bonchev–Trinajstić information content (AvgIpc) is 2.84. The molecule has 1 amide bonds. The molecule has 7 heteroatoms. The van der Waals surface area contributed by atoms with Gasteiger partial charge in [-0.2, -0.15) is 0 Å². The normalized spacial score (nSPS) is 10.8. The van der Waals surface area contributed by atoms with Gasteiger partial charge < -0.3 is 15.5 Å². The van der Waals surface area contributed by atoms with Gasteiger partial charge in [-0.15, -0.1) is 11.3 Å². The Balaban J connectivity index is 2.03. The maximum Gasteiger partial charge on any atom is 0.238 e. The SMILES string of the molecule is Cc1c(NCc2cnc(Cl)s2)cccc1NC(=O)CN(C)C. The summed E-state index contributed by atoms with van der Waals surface area (Å²) in [6, 6.07) is 5.80. The zero-order chi connectivity index (χ0) is 16.1. The van der Waals surface area contributed by atoms with Gasteiger partial charge in [0.2, 0.25) is 5.91 Å². The minimum atomic E-state index is -0.0283. The molecule has 0 saturated heterocycles. The Morgan fingerprint density at radius 3 is 2.73 bits per heavy atom. The Morgan fingerprint density at radius 2 is 2.09 bits per heavy atom. The molecule has 22 heavy (non-hydrogen) atoms. The van der Waals surface area contributed by atoms with E-state index in [9.17, 15) is 4.79 Å². The Kier molecular flexibility index (Phi) is 5.76. The molecule has 0 aliphatic heterocycles. The summed E-state index contributed by atoms with van der Waals surface area (Å²) in [6.45, 7) is 2.99. The molecule has 1 heterocycles. The van der Waals surface area contributed by atoms with Crippen molar-refractivity contribution in [3.63, 3.8) is 0 Å². The summed E-state index contributed by atoms with van der Waals surface area (Å²) >= 11 is 7.28. The van der Waals surface area contributed by atoms with Crippen molar-refractivity contribution in [2.75, 3.05) is 31.3 Å². The van der Waals surface area contributed by atoms with E-state index >= 15 is 0 Å². The van der Waals surface area contributed by atoms with E-state index < -0.39 is 0 Å². The van der Waals surface area contributed by atoms with Crippen molar-refractivity contribution in [3.8, 4) is 0 Å². The zero-order valence-corrected chi connectivity index (χ0v) is 14.4. The second kappa shape index (κ2) is 7.58. The molecule has 1 aromatic carbocycles. The van der Waals surface area contributed by atoms with E-state index in [4.69, 9.17) is 11.6 Å². The lowest BCUT2D eigenvalue weighted by molar-refractivity contribution is -0.116. The summed E-state index contributed by atoms with van der Waals surface area (Å²) in [7, 11) is 3.73. The summed E-state index contributed by atoms with van der Waals surface area (Å²) in [6.07, 6.45) is 1.76. The lowest BCUT2D eigenvalue weighted by Crippen LogP contribution is -2.27. The number of likely N-dealkylation sites (N-methyl/N-ethyl adjacent to an activating group) is 1. The number of hydrogen-bond donors (Lipinski definition) is 2. The number of nitrogens with one attached hydrogen (secondary N) is 2. The van der Waals surface area contributed by atoms with E-state index in [1.54, 1.807) is 6.20 Å². The fraction of sp³-hybridized carbons (Fsp3) is 0.333. The molecular formula is C15H19ClN4OS. The third-order valence-corrected chi connectivity index (χ3v) is 4.16. The van der Waals surface area contributed by atoms with Crippen LogP contribution in [0, 0.1) is 6.92 Å². The Bertz CT molecular complexity index is 657. The number of nitrogens with zero attached hydrogens (tertiary/aromatic N) is 2. The first-order valence-electron chi connectivity index (χ1n) is 6.84. The van der Waals surface area contributed by atoms with Crippen molar-refractivity contribution in [1.29, 1.82) is 0 Å². The topological polar surface area (TPSA) is 57.3 Å². The van der Waals surface area contributed by atoms with Crippen LogP contribution in [0.4, 0.5) is 11.4 Å². The van der Waals surface area contributed by atoms with Crippen molar-refractivity contribution in [2.24, 2.45) is 0 Å². The van der Waals surface area contributed by atoms with Crippen LogP contribution in [0.1, 0.15) is 10.4 Å². The van der Waals surface area contributed by atoms with E-state index in [0.717, 1.165) is 21.8 Å². The van der Waals surface area contributed by atoms with E-state index in [-0.39, 0.29) is 5.91 Å². The lowest BCUT2D eigenvalue weighted by atomic mass is 10.1. The minimum absolute atomic E-state index is 0.0283. The van der Waals surface area contributed by atoms with Gasteiger partial charge in [-0.3, -0.25) is 4.79 Å². The largest absolute Gasteiger partial charge is 0.380 e. The van der Waals surface area contributed by atoms with Crippen molar-refractivity contribution in [1.82, 2.24) is 9.88 Å². The number of hydrogen-bond acceptors (Lipinski definition) is 5. The van der Waals surface area contributed by atoms with Gasteiger partial charge in [0.05, 0.1) is 13.1 Å². The number of benzene rings is 1. The van der Waals surface area contributed by atoms with Gasteiger partial charge in [-0.1, -0.05) is 17.7 Å². The van der Waals surface area contributed by atoms with Crippen LogP contribution in [-0.4, -0.2) is 36.4 Å². The Labute approximate surface area is 139 Å². The molecule has 2 aromatic rings. The summed E-state index contributed by atoms with van der Waals surface area (Å²) < 4.78 is 0.540. The van der Waals surface area contributed by atoms with Crippen molar-refractivity contribution >= 4 is 40.2 Å². The maximum absolute atomic E-state index is 11.9. The van der Waals surface area contributed by atoms with Crippen LogP contribution >= 0.6 is 22.9 Å². The number of aromatic nitrogens is 1. The fourth-order valence-electron chi connectivity index (χ4n) is 1.99. The summed E-state index contributed by atoms with van der Waals surface area (Å²) in [4.78, 5) is 18.8. The maximum atomic E-state index is 11.9. The van der Waals surface area contributed by atoms with Crippen LogP contribution in [0.3, 0.4) is 0 Å². The predicted molar refractivity (Wildman–Crippen MR) is 92.8 cm³/mol. The third kappa shape index (κ3) is 4.69. The molecule has 0 fully saturated rings. The van der Waals surface area contributed by atoms with Gasteiger partial charge in [0.15, 0.2) is 4.47 Å². The number of rotatable bonds is 6. The molecule has 0 radical (unpaired) electrons. The summed E-state index contributed by atoms with van der Waals surface area (Å²) in [5.74, 6) is -0.0283. The van der Waals surface area contributed by atoms with Crippen LogP contribution in [0.15, 0.2) is 24.4 Å². The fourth-order valence-corrected chi connectivity index (χ4v) is 2.90. The highest BCUT2D eigenvalue weighted by Gasteiger charge is 2.09. The minimum Gasteiger partial charge on any atom is -0.380 e. The quantitative estimate of drug-likeness (QED) is 0.849. The first-order valence-corrected chi connectivity index (χ1v) is 8.03. The Morgan fingerprint density at radius 1 is 1.36 bits per heavy atom. The van der Waals surface area contributed by atoms with E-state index in [1.165, 1.54) is 11.3 Å². The first kappa shape index (κ1) is 16.7. The number of amides is 1. The van der Waals surface area contributed by atoms with Gasteiger partial charge in [0.25, 0.3) is 0 Å². The van der Waals surface area contributed by atoms with E-state index in [2.05, 4.69) is 15.6 Å². The van der Waals surface area contributed by atoms with Gasteiger partial charge in [-0.05, 0) is 38.7 Å². The molecule has 0 aliphatic carbocycles. The molecule has 5 nitrogen and oxygen atoms in total. The van der Waals surface area contributed by atoms with Crippen LogP contribution in [-0.2, 0) is 11.3 Å². The molecule has 2 N–H and O–H groups in total. The molecule has 0 spiro atoms. The van der Waals surface area contributed by atoms with Crippen LogP contribution in [0.2, 0.25) is 4.47 Å². The highest BCUT2D eigenvalue weighted by atomic mass is 35.5. The first-order chi connectivity index (χ1) is 10.5. The van der Waals surface area contributed by atoms with Crippen molar-refractivity contribution < 1.29 is 4.79 Å². The van der Waals surface area contributed by atoms with Gasteiger partial charge in [0.1, 0.15) is 0 Å². The third-order valence-electron chi connectivity index (χ3n) is 3.05. The number of halogens is 1. The number of thiazole rings is 1. The van der Waals surface area contributed by atoms with Crippen LogP contribution in [0.25, 0.3) is 0 Å². The highest BCUT2D eigenvalue weighted by Crippen LogP contribution is 2.25.